The number of unbranched alkanes of at least 4 members (excludes halogenated alkanes) is 1. The highest BCUT2D eigenvalue weighted by Gasteiger charge is 2.22. The highest BCUT2D eigenvalue weighted by Crippen LogP contribution is 2.21. The first-order valence-corrected chi connectivity index (χ1v) is 9.41. The summed E-state index contributed by atoms with van der Waals surface area (Å²) in [5.74, 6) is 0.169. The van der Waals surface area contributed by atoms with Gasteiger partial charge in [-0.05, 0) is 43.9 Å². The molecule has 1 fully saturated rings. The fourth-order valence-electron chi connectivity index (χ4n) is 3.21. The summed E-state index contributed by atoms with van der Waals surface area (Å²) in [6, 6.07) is 10.6. The van der Waals surface area contributed by atoms with Gasteiger partial charge in [-0.3, -0.25) is 4.79 Å². The van der Waals surface area contributed by atoms with Crippen LogP contribution in [0.4, 0.5) is 5.69 Å². The van der Waals surface area contributed by atoms with Gasteiger partial charge in [0.15, 0.2) is 0 Å². The Morgan fingerprint density at radius 1 is 1.26 bits per heavy atom. The summed E-state index contributed by atoms with van der Waals surface area (Å²) < 4.78 is 6.70. The van der Waals surface area contributed by atoms with Crippen molar-refractivity contribution in [1.82, 2.24) is 9.78 Å². The summed E-state index contributed by atoms with van der Waals surface area (Å²) in [4.78, 5) is 26.3. The molecule has 0 bridgehead atoms. The van der Waals surface area contributed by atoms with Crippen LogP contribution in [-0.4, -0.2) is 42.0 Å². The lowest BCUT2D eigenvalue weighted by Gasteiger charge is -2.18. The van der Waals surface area contributed by atoms with E-state index in [1.165, 1.54) is 4.68 Å². The molecule has 2 N–H and O–H groups in total. The van der Waals surface area contributed by atoms with Crippen LogP contribution in [0.1, 0.15) is 29.6 Å². The number of hydrogen-bond donors (Lipinski definition) is 1. The number of benzene rings is 1. The molecule has 2 heterocycles. The van der Waals surface area contributed by atoms with E-state index >= 15 is 0 Å². The van der Waals surface area contributed by atoms with E-state index in [2.05, 4.69) is 10.00 Å². The van der Waals surface area contributed by atoms with Crippen LogP contribution < -0.4 is 16.2 Å². The lowest BCUT2D eigenvalue weighted by atomic mass is 10.1. The largest absolute Gasteiger partial charge is 0.462 e. The van der Waals surface area contributed by atoms with Crippen LogP contribution in [0, 0.1) is 5.92 Å². The van der Waals surface area contributed by atoms with Crippen molar-refractivity contribution in [3.8, 4) is 0 Å². The summed E-state index contributed by atoms with van der Waals surface area (Å²) in [6.07, 6.45) is 4.20. The summed E-state index contributed by atoms with van der Waals surface area (Å²) in [6.45, 7) is 3.31. The number of rotatable bonds is 8. The lowest BCUT2D eigenvalue weighted by Crippen LogP contribution is -2.27. The standard InChI is InChI=1S/C20H26N4O3/c21-13-16-8-10-23(15-16)18-12-19(25)24(22-14-18)9-4-5-11-27-20(26)17-6-2-1-3-7-17/h1-3,6-7,12,14,16H,4-5,8-11,13,15,21H2/t16-/m1/s1. The third-order valence-corrected chi connectivity index (χ3v) is 4.85. The molecule has 1 atom stereocenters. The molecule has 0 radical (unpaired) electrons. The minimum Gasteiger partial charge on any atom is -0.462 e. The number of nitrogens with zero attached hydrogens (tertiary/aromatic N) is 3. The van der Waals surface area contributed by atoms with Crippen LogP contribution >= 0.6 is 0 Å². The zero-order valence-corrected chi connectivity index (χ0v) is 15.4. The van der Waals surface area contributed by atoms with Gasteiger partial charge in [0.2, 0.25) is 0 Å². The van der Waals surface area contributed by atoms with Gasteiger partial charge < -0.3 is 15.4 Å². The zero-order valence-electron chi connectivity index (χ0n) is 15.4. The van der Waals surface area contributed by atoms with Gasteiger partial charge in [0.05, 0.1) is 24.1 Å². The van der Waals surface area contributed by atoms with Crippen molar-refractivity contribution in [1.29, 1.82) is 0 Å². The van der Waals surface area contributed by atoms with Gasteiger partial charge in [-0.25, -0.2) is 9.48 Å². The van der Waals surface area contributed by atoms with Crippen molar-refractivity contribution in [3.05, 3.63) is 58.5 Å². The topological polar surface area (TPSA) is 90.4 Å². The Balaban J connectivity index is 1.42. The van der Waals surface area contributed by atoms with E-state index in [-0.39, 0.29) is 11.5 Å². The van der Waals surface area contributed by atoms with Gasteiger partial charge in [-0.15, -0.1) is 0 Å². The summed E-state index contributed by atoms with van der Waals surface area (Å²) >= 11 is 0. The van der Waals surface area contributed by atoms with Crippen molar-refractivity contribution in [2.75, 3.05) is 31.1 Å². The number of esters is 1. The number of ether oxygens (including phenoxy) is 1. The van der Waals surface area contributed by atoms with E-state index in [1.54, 1.807) is 36.5 Å². The Kier molecular flexibility index (Phi) is 6.59. The van der Waals surface area contributed by atoms with Gasteiger partial charge in [0, 0.05) is 25.7 Å². The first-order chi connectivity index (χ1) is 13.2. The molecule has 1 aliphatic heterocycles. The first kappa shape index (κ1) is 19.1. The molecule has 0 saturated carbocycles. The molecule has 7 heteroatoms. The molecule has 0 spiro atoms. The van der Waals surface area contributed by atoms with Gasteiger partial charge >= 0.3 is 5.97 Å². The molecule has 1 aromatic heterocycles. The van der Waals surface area contributed by atoms with E-state index in [0.717, 1.165) is 25.2 Å². The average Bonchev–Trinajstić information content (AvgIpc) is 3.18. The quantitative estimate of drug-likeness (QED) is 0.561. The second-order valence-electron chi connectivity index (χ2n) is 6.82. The molecule has 7 nitrogen and oxygen atoms in total. The van der Waals surface area contributed by atoms with Crippen molar-refractivity contribution in [2.45, 2.75) is 25.8 Å². The number of anilines is 1. The minimum atomic E-state index is -0.323. The number of hydrogen-bond acceptors (Lipinski definition) is 6. The van der Waals surface area contributed by atoms with Crippen LogP contribution in [0.3, 0.4) is 0 Å². The number of aromatic nitrogens is 2. The molecule has 0 amide bonds. The van der Waals surface area contributed by atoms with Crippen LogP contribution in [0.25, 0.3) is 0 Å². The van der Waals surface area contributed by atoms with Crippen LogP contribution in [-0.2, 0) is 11.3 Å². The van der Waals surface area contributed by atoms with Gasteiger partial charge in [-0.2, -0.15) is 5.10 Å². The SMILES string of the molecule is NC[C@H]1CCN(c2cnn(CCCCOC(=O)c3ccccc3)c(=O)c2)C1. The number of carbonyl (C=O) groups is 1. The van der Waals surface area contributed by atoms with E-state index in [1.807, 2.05) is 6.07 Å². The smallest absolute Gasteiger partial charge is 0.338 e. The van der Waals surface area contributed by atoms with Crippen LogP contribution in [0.5, 0.6) is 0 Å². The molecule has 1 aromatic carbocycles. The van der Waals surface area contributed by atoms with Crippen molar-refractivity contribution >= 4 is 11.7 Å². The second-order valence-corrected chi connectivity index (χ2v) is 6.82. The number of carbonyl (C=O) groups excluding carboxylic acids is 1. The molecular weight excluding hydrogens is 344 g/mol. The minimum absolute atomic E-state index is 0.107. The van der Waals surface area contributed by atoms with Crippen LogP contribution in [0.15, 0.2) is 47.4 Å². The normalized spacial score (nSPS) is 16.5. The molecule has 1 aliphatic rings. The van der Waals surface area contributed by atoms with E-state index in [4.69, 9.17) is 10.5 Å². The third kappa shape index (κ3) is 5.17. The highest BCUT2D eigenvalue weighted by atomic mass is 16.5. The van der Waals surface area contributed by atoms with E-state index < -0.39 is 0 Å². The molecule has 0 unspecified atom stereocenters. The maximum Gasteiger partial charge on any atom is 0.338 e. The monoisotopic (exact) mass is 370 g/mol. The molecule has 0 aliphatic carbocycles. The predicted molar refractivity (Wildman–Crippen MR) is 104 cm³/mol. The lowest BCUT2D eigenvalue weighted by molar-refractivity contribution is 0.0497. The molecule has 144 valence electrons. The molecule has 27 heavy (non-hydrogen) atoms. The maximum atomic E-state index is 12.3. The molecule has 1 saturated heterocycles. The van der Waals surface area contributed by atoms with E-state index in [0.29, 0.717) is 44.0 Å². The Morgan fingerprint density at radius 3 is 2.78 bits per heavy atom. The molecule has 2 aromatic rings. The Labute approximate surface area is 158 Å². The van der Waals surface area contributed by atoms with E-state index in [9.17, 15) is 9.59 Å². The predicted octanol–water partition coefficient (Wildman–Crippen LogP) is 1.67. The first-order valence-electron chi connectivity index (χ1n) is 9.41. The van der Waals surface area contributed by atoms with Crippen molar-refractivity contribution < 1.29 is 9.53 Å². The number of nitrogens with two attached hydrogens (primary N) is 1. The highest BCUT2D eigenvalue weighted by molar-refractivity contribution is 5.89. The second kappa shape index (κ2) is 9.32. The number of aryl methyl sites for hydroxylation is 1. The fraction of sp³-hybridized carbons (Fsp3) is 0.450. The maximum absolute atomic E-state index is 12.3. The third-order valence-electron chi connectivity index (χ3n) is 4.85. The Bertz CT molecular complexity index is 806. The molecule has 3 rings (SSSR count). The summed E-state index contributed by atoms with van der Waals surface area (Å²) in [5, 5.41) is 4.28. The zero-order chi connectivity index (χ0) is 19.1. The average molecular weight is 370 g/mol. The molecular formula is C20H26N4O3. The summed E-state index contributed by atoms with van der Waals surface area (Å²) in [7, 11) is 0. The van der Waals surface area contributed by atoms with Crippen molar-refractivity contribution in [3.63, 3.8) is 0 Å². The van der Waals surface area contributed by atoms with Crippen LogP contribution in [0.2, 0.25) is 0 Å². The van der Waals surface area contributed by atoms with Gasteiger partial charge in [0.25, 0.3) is 5.56 Å². The Hall–Kier alpha value is -2.67. The Morgan fingerprint density at radius 2 is 2.07 bits per heavy atom. The van der Waals surface area contributed by atoms with Crippen molar-refractivity contribution in [2.24, 2.45) is 11.7 Å². The van der Waals surface area contributed by atoms with Gasteiger partial charge in [0.1, 0.15) is 0 Å². The van der Waals surface area contributed by atoms with Gasteiger partial charge in [-0.1, -0.05) is 18.2 Å². The fourth-order valence-corrected chi connectivity index (χ4v) is 3.21. The summed E-state index contributed by atoms with van der Waals surface area (Å²) in [5.41, 5.74) is 7.02.